The zero-order valence-corrected chi connectivity index (χ0v) is 21.1. The second-order valence-corrected chi connectivity index (χ2v) is 10.8. The number of aromatic nitrogens is 2. The van der Waals surface area contributed by atoms with Crippen molar-refractivity contribution in [1.29, 1.82) is 0 Å². The molecule has 2 heterocycles. The summed E-state index contributed by atoms with van der Waals surface area (Å²) in [5.74, 6) is -0.268. The van der Waals surface area contributed by atoms with Crippen molar-refractivity contribution in [2.75, 3.05) is 19.7 Å². The Bertz CT molecular complexity index is 1030. The van der Waals surface area contributed by atoms with Crippen molar-refractivity contribution in [2.45, 2.75) is 71.1 Å². The first kappa shape index (κ1) is 26.5. The SMILES string of the molecule is CC(C)(C)OC(=O)[C@H](O)COc1ccc(-c2cnn(CC3(F)CN(C(=O)OC(C)(C)C)C3)c2)cc1. The number of ether oxygens (including phenoxy) is 3. The number of likely N-dealkylation sites (tertiary alicyclic amines) is 1. The molecule has 1 aromatic heterocycles. The predicted molar refractivity (Wildman–Crippen MR) is 127 cm³/mol. The maximum Gasteiger partial charge on any atom is 0.410 e. The van der Waals surface area contributed by atoms with Gasteiger partial charge in [0.15, 0.2) is 11.8 Å². The van der Waals surface area contributed by atoms with Gasteiger partial charge in [0.05, 0.1) is 25.8 Å². The van der Waals surface area contributed by atoms with E-state index in [1.165, 1.54) is 9.58 Å². The fourth-order valence-electron chi connectivity index (χ4n) is 3.44. The van der Waals surface area contributed by atoms with Gasteiger partial charge in [-0.3, -0.25) is 4.68 Å². The van der Waals surface area contributed by atoms with Crippen LogP contribution in [0.5, 0.6) is 5.75 Å². The van der Waals surface area contributed by atoms with Crippen molar-refractivity contribution < 1.29 is 33.3 Å². The molecule has 10 heteroatoms. The summed E-state index contributed by atoms with van der Waals surface area (Å²) in [5, 5.41) is 14.2. The van der Waals surface area contributed by atoms with E-state index in [1.54, 1.807) is 78.2 Å². The maximum atomic E-state index is 15.0. The Hall–Kier alpha value is -3.14. The smallest absolute Gasteiger partial charge is 0.410 e. The van der Waals surface area contributed by atoms with Crippen LogP contribution in [-0.4, -0.2) is 74.5 Å². The number of nitrogens with zero attached hydrogens (tertiary/aromatic N) is 3. The molecule has 1 amide bonds. The summed E-state index contributed by atoms with van der Waals surface area (Å²) in [4.78, 5) is 25.2. The fourth-order valence-corrected chi connectivity index (χ4v) is 3.44. The van der Waals surface area contributed by atoms with E-state index in [4.69, 9.17) is 14.2 Å². The molecule has 1 atom stereocenters. The number of aliphatic hydroxyl groups is 1. The Morgan fingerprint density at radius 1 is 1.06 bits per heavy atom. The van der Waals surface area contributed by atoms with Crippen LogP contribution in [0.2, 0.25) is 0 Å². The lowest BCUT2D eigenvalue weighted by Gasteiger charge is -2.44. The van der Waals surface area contributed by atoms with Crippen molar-refractivity contribution in [1.82, 2.24) is 14.7 Å². The summed E-state index contributed by atoms with van der Waals surface area (Å²) in [7, 11) is 0. The van der Waals surface area contributed by atoms with Crippen molar-refractivity contribution in [3.63, 3.8) is 0 Å². The summed E-state index contributed by atoms with van der Waals surface area (Å²) >= 11 is 0. The number of amides is 1. The molecule has 1 fully saturated rings. The van der Waals surface area contributed by atoms with Gasteiger partial charge in [-0.25, -0.2) is 14.0 Å². The highest BCUT2D eigenvalue weighted by molar-refractivity contribution is 5.75. The van der Waals surface area contributed by atoms with E-state index < -0.39 is 35.0 Å². The molecule has 192 valence electrons. The van der Waals surface area contributed by atoms with Gasteiger partial charge in [-0.15, -0.1) is 0 Å². The quantitative estimate of drug-likeness (QED) is 0.591. The van der Waals surface area contributed by atoms with Crippen LogP contribution >= 0.6 is 0 Å². The van der Waals surface area contributed by atoms with Crippen LogP contribution in [-0.2, 0) is 20.8 Å². The van der Waals surface area contributed by atoms with Crippen LogP contribution in [0.1, 0.15) is 41.5 Å². The molecular weight excluding hydrogens is 457 g/mol. The minimum Gasteiger partial charge on any atom is -0.490 e. The number of carbonyl (C=O) groups excluding carboxylic acids is 2. The molecule has 9 nitrogen and oxygen atoms in total. The minimum absolute atomic E-state index is 0.0239. The van der Waals surface area contributed by atoms with E-state index in [2.05, 4.69) is 5.10 Å². The van der Waals surface area contributed by atoms with Crippen molar-refractivity contribution in [2.24, 2.45) is 0 Å². The van der Waals surface area contributed by atoms with Crippen LogP contribution in [0.4, 0.5) is 9.18 Å². The molecule has 1 aliphatic heterocycles. The number of aliphatic hydroxyl groups excluding tert-OH is 1. The van der Waals surface area contributed by atoms with Crippen molar-refractivity contribution in [3.8, 4) is 16.9 Å². The van der Waals surface area contributed by atoms with Gasteiger partial charge in [-0.05, 0) is 59.2 Å². The molecule has 0 unspecified atom stereocenters. The third kappa shape index (κ3) is 7.68. The lowest BCUT2D eigenvalue weighted by Crippen LogP contribution is -2.63. The van der Waals surface area contributed by atoms with Gasteiger partial charge in [0.1, 0.15) is 23.6 Å². The van der Waals surface area contributed by atoms with E-state index in [-0.39, 0.29) is 26.2 Å². The zero-order chi connectivity index (χ0) is 26.0. The van der Waals surface area contributed by atoms with E-state index in [1.807, 2.05) is 0 Å². The van der Waals surface area contributed by atoms with Gasteiger partial charge in [0, 0.05) is 11.8 Å². The first-order valence-corrected chi connectivity index (χ1v) is 11.5. The standard InChI is InChI=1S/C25H34FN3O6/c1-23(2,3)34-21(31)20(30)13-33-19-9-7-17(8-10-19)18-11-27-29(12-18)16-25(26)14-28(15-25)22(32)35-24(4,5)6/h7-12,20,30H,13-16H2,1-6H3/t20-/m1/s1. The van der Waals surface area contributed by atoms with Gasteiger partial charge in [0.25, 0.3) is 0 Å². The molecule has 0 radical (unpaired) electrons. The highest BCUT2D eigenvalue weighted by atomic mass is 19.1. The molecule has 0 bridgehead atoms. The lowest BCUT2D eigenvalue weighted by molar-refractivity contribution is -0.166. The molecule has 2 aromatic rings. The number of alkyl halides is 1. The molecule has 35 heavy (non-hydrogen) atoms. The second kappa shape index (κ2) is 9.85. The predicted octanol–water partition coefficient (Wildman–Crippen LogP) is 3.59. The van der Waals surface area contributed by atoms with Gasteiger partial charge in [-0.2, -0.15) is 5.10 Å². The highest BCUT2D eigenvalue weighted by Crippen LogP contribution is 2.30. The molecule has 0 spiro atoms. The Labute approximate surface area is 204 Å². The van der Waals surface area contributed by atoms with Crippen LogP contribution in [0.25, 0.3) is 11.1 Å². The van der Waals surface area contributed by atoms with Crippen LogP contribution in [0, 0.1) is 0 Å². The Balaban J connectivity index is 1.50. The molecule has 0 aliphatic carbocycles. The Morgan fingerprint density at radius 2 is 1.66 bits per heavy atom. The topological polar surface area (TPSA) is 103 Å². The molecular formula is C25H34FN3O6. The van der Waals surface area contributed by atoms with Crippen LogP contribution in [0.15, 0.2) is 36.7 Å². The van der Waals surface area contributed by atoms with Crippen LogP contribution < -0.4 is 4.74 Å². The molecule has 0 saturated carbocycles. The minimum atomic E-state index is -1.56. The third-order valence-corrected chi connectivity index (χ3v) is 4.95. The summed E-state index contributed by atoms with van der Waals surface area (Å²) < 4.78 is 32.4. The van der Waals surface area contributed by atoms with E-state index >= 15 is 4.39 Å². The third-order valence-electron chi connectivity index (χ3n) is 4.95. The largest absolute Gasteiger partial charge is 0.490 e. The average Bonchev–Trinajstić information content (AvgIpc) is 3.16. The Morgan fingerprint density at radius 3 is 2.23 bits per heavy atom. The van der Waals surface area contributed by atoms with E-state index in [9.17, 15) is 14.7 Å². The van der Waals surface area contributed by atoms with Crippen molar-refractivity contribution in [3.05, 3.63) is 36.7 Å². The molecule has 1 saturated heterocycles. The number of hydrogen-bond acceptors (Lipinski definition) is 7. The number of esters is 1. The number of carbonyl (C=O) groups is 2. The summed E-state index contributed by atoms with van der Waals surface area (Å²) in [5.41, 5.74) is -1.25. The number of rotatable bonds is 7. The first-order chi connectivity index (χ1) is 16.1. The molecule has 3 rings (SSSR count). The average molecular weight is 492 g/mol. The highest BCUT2D eigenvalue weighted by Gasteiger charge is 2.47. The maximum absolute atomic E-state index is 15.0. The van der Waals surface area contributed by atoms with E-state index in [0.29, 0.717) is 5.75 Å². The number of benzene rings is 1. The van der Waals surface area contributed by atoms with Crippen molar-refractivity contribution >= 4 is 12.1 Å². The monoisotopic (exact) mass is 491 g/mol. The Kier molecular flexibility index (Phi) is 7.45. The van der Waals surface area contributed by atoms with Gasteiger partial charge in [0.2, 0.25) is 0 Å². The molecule has 1 N–H and O–H groups in total. The van der Waals surface area contributed by atoms with Crippen LogP contribution in [0.3, 0.4) is 0 Å². The zero-order valence-electron chi connectivity index (χ0n) is 21.1. The van der Waals surface area contributed by atoms with Gasteiger partial charge < -0.3 is 24.2 Å². The fraction of sp³-hybridized carbons (Fsp3) is 0.560. The normalized spacial score (nSPS) is 16.3. The molecule has 1 aliphatic rings. The molecule has 1 aromatic carbocycles. The van der Waals surface area contributed by atoms with E-state index in [0.717, 1.165) is 11.1 Å². The number of hydrogen-bond donors (Lipinski definition) is 1. The number of halogens is 1. The summed E-state index contributed by atoms with van der Waals surface area (Å²) in [6.07, 6.45) is 1.46. The van der Waals surface area contributed by atoms with Gasteiger partial charge in [-0.1, -0.05) is 12.1 Å². The summed E-state index contributed by atoms with van der Waals surface area (Å²) in [6, 6.07) is 7.01. The summed E-state index contributed by atoms with van der Waals surface area (Å²) in [6.45, 7) is 10.2. The lowest BCUT2D eigenvalue weighted by atomic mass is 9.97. The first-order valence-electron chi connectivity index (χ1n) is 11.5. The van der Waals surface area contributed by atoms with Gasteiger partial charge >= 0.3 is 12.1 Å². The second-order valence-electron chi connectivity index (χ2n) is 10.8.